The first kappa shape index (κ1) is 21.6. The number of benzene rings is 4. The Hall–Kier alpha value is -2.19. The highest BCUT2D eigenvalue weighted by Gasteiger charge is 2.28. The van der Waals surface area contributed by atoms with Crippen molar-refractivity contribution < 1.29 is 4.57 Å². The molecule has 1 nitrogen and oxygen atoms in total. The minimum atomic E-state index is -2.70. The van der Waals surface area contributed by atoms with Crippen LogP contribution in [0, 0.1) is 0 Å². The Balaban J connectivity index is 1.63. The summed E-state index contributed by atoms with van der Waals surface area (Å²) in [6.45, 7) is 0. The van der Waals surface area contributed by atoms with Crippen molar-refractivity contribution in [1.82, 2.24) is 0 Å². The van der Waals surface area contributed by atoms with Gasteiger partial charge in [0.25, 0.3) is 0 Å². The van der Waals surface area contributed by atoms with Gasteiger partial charge in [-0.05, 0) is 34.4 Å². The Bertz CT molecular complexity index is 1200. The Morgan fingerprint density at radius 3 is 1.62 bits per heavy atom. The van der Waals surface area contributed by atoms with Gasteiger partial charge in [0.2, 0.25) is 0 Å². The quantitative estimate of drug-likeness (QED) is 0.262. The summed E-state index contributed by atoms with van der Waals surface area (Å²) in [5, 5.41) is 0.969. The summed E-state index contributed by atoms with van der Waals surface area (Å²) >= 11 is 3.70. The molecule has 1 heterocycles. The third-order valence-electron chi connectivity index (χ3n) is 5.80. The maximum absolute atomic E-state index is 14.7. The van der Waals surface area contributed by atoms with Crippen molar-refractivity contribution in [2.24, 2.45) is 0 Å². The maximum Gasteiger partial charge on any atom is 0.124 e. The van der Waals surface area contributed by atoms with Crippen LogP contribution in [0.3, 0.4) is 0 Å². The second-order valence-electron chi connectivity index (χ2n) is 8.15. The summed E-state index contributed by atoms with van der Waals surface area (Å²) in [6.07, 6.45) is 1.17. The van der Waals surface area contributed by atoms with E-state index in [0.717, 1.165) is 16.8 Å². The fraction of sp³-hybridized carbons (Fsp3) is 0.143. The predicted molar refractivity (Wildman–Crippen MR) is 140 cm³/mol. The van der Waals surface area contributed by atoms with Crippen molar-refractivity contribution in [3.8, 4) is 0 Å². The zero-order valence-electron chi connectivity index (χ0n) is 17.8. The number of rotatable bonds is 1. The van der Waals surface area contributed by atoms with Gasteiger partial charge in [-0.25, -0.2) is 0 Å². The first-order chi connectivity index (χ1) is 15.7. The lowest BCUT2D eigenvalue weighted by molar-refractivity contribution is 0.579. The topological polar surface area (TPSA) is 17.1 Å². The zero-order valence-corrected chi connectivity index (χ0v) is 20.3. The minimum absolute atomic E-state index is 0.583. The molecule has 0 radical (unpaired) electrons. The van der Waals surface area contributed by atoms with Gasteiger partial charge in [0.1, 0.15) is 7.14 Å². The molecule has 0 N–H and O–H groups in total. The highest BCUT2D eigenvalue weighted by Crippen LogP contribution is 2.53. The van der Waals surface area contributed by atoms with Gasteiger partial charge in [-0.15, -0.1) is 23.5 Å². The van der Waals surface area contributed by atoms with Gasteiger partial charge in [0.15, 0.2) is 0 Å². The van der Waals surface area contributed by atoms with E-state index in [1.165, 1.54) is 32.0 Å². The van der Waals surface area contributed by atoms with Crippen LogP contribution in [0.15, 0.2) is 113 Å². The molecule has 2 bridgehead atoms. The average molecular weight is 473 g/mol. The van der Waals surface area contributed by atoms with Gasteiger partial charge >= 0.3 is 0 Å². The smallest absolute Gasteiger partial charge is 0.124 e. The van der Waals surface area contributed by atoms with Gasteiger partial charge in [0.05, 0.1) is 0 Å². The zero-order chi connectivity index (χ0) is 21.8. The van der Waals surface area contributed by atoms with Crippen LogP contribution in [-0.4, -0.2) is 0 Å². The third kappa shape index (κ3) is 4.91. The van der Waals surface area contributed by atoms with Crippen molar-refractivity contribution in [3.05, 3.63) is 125 Å². The summed E-state index contributed by atoms with van der Waals surface area (Å²) in [5.74, 6) is 1.84. The predicted octanol–water partition coefficient (Wildman–Crippen LogP) is 7.97. The van der Waals surface area contributed by atoms with E-state index < -0.39 is 7.14 Å². The molecular formula is C28H25OPS2. The van der Waals surface area contributed by atoms with Crippen molar-refractivity contribution in [3.63, 3.8) is 0 Å². The van der Waals surface area contributed by atoms with Crippen molar-refractivity contribution >= 4 is 36.0 Å². The van der Waals surface area contributed by atoms with Crippen LogP contribution < -0.4 is 5.30 Å². The first-order valence-corrected chi connectivity index (χ1v) is 14.9. The van der Waals surface area contributed by atoms with E-state index in [2.05, 4.69) is 72.8 Å². The van der Waals surface area contributed by atoms with Crippen LogP contribution in [-0.2, 0) is 28.4 Å². The average Bonchev–Trinajstić information content (AvgIpc) is 2.83. The van der Waals surface area contributed by atoms with Crippen LogP contribution >= 0.6 is 30.7 Å². The molecule has 32 heavy (non-hydrogen) atoms. The fourth-order valence-corrected chi connectivity index (χ4v) is 9.23. The summed E-state index contributed by atoms with van der Waals surface area (Å²) in [5.41, 5.74) is 5.03. The van der Waals surface area contributed by atoms with E-state index in [9.17, 15) is 4.57 Å². The molecule has 0 aliphatic carbocycles. The molecule has 1 aliphatic heterocycles. The second kappa shape index (κ2) is 9.75. The molecular weight excluding hydrogens is 447 g/mol. The lowest BCUT2D eigenvalue weighted by atomic mass is 10.2. The van der Waals surface area contributed by atoms with E-state index >= 15 is 0 Å². The molecule has 1 aliphatic rings. The Labute approximate surface area is 199 Å². The molecule has 4 heteroatoms. The molecule has 4 aromatic rings. The van der Waals surface area contributed by atoms with Gasteiger partial charge in [-0.2, -0.15) is 0 Å². The highest BCUT2D eigenvalue weighted by molar-refractivity contribution is 7.99. The Morgan fingerprint density at radius 2 is 1.06 bits per heavy atom. The monoisotopic (exact) mass is 472 g/mol. The normalized spacial score (nSPS) is 15.8. The number of thioether (sulfide) groups is 2. The van der Waals surface area contributed by atoms with Crippen LogP contribution in [0.2, 0.25) is 0 Å². The second-order valence-corrected chi connectivity index (χ2v) is 13.1. The Morgan fingerprint density at radius 1 is 0.562 bits per heavy atom. The molecule has 4 aromatic carbocycles. The van der Waals surface area contributed by atoms with Crippen LogP contribution in [0.25, 0.3) is 0 Å². The van der Waals surface area contributed by atoms with Gasteiger partial charge in [-0.3, -0.25) is 0 Å². The van der Waals surface area contributed by atoms with E-state index in [-0.39, 0.29) is 0 Å². The SMILES string of the molecule is O=P1(c2ccccc2)Cc2ccccc2SCc2cccc(c2)CSc2ccccc2C1. The van der Waals surface area contributed by atoms with Crippen LogP contribution in [0.5, 0.6) is 0 Å². The summed E-state index contributed by atoms with van der Waals surface area (Å²) in [7, 11) is -2.70. The molecule has 160 valence electrons. The molecule has 0 aromatic heterocycles. The van der Waals surface area contributed by atoms with E-state index in [1.54, 1.807) is 0 Å². The van der Waals surface area contributed by atoms with Crippen molar-refractivity contribution in [1.29, 1.82) is 0 Å². The summed E-state index contributed by atoms with van der Waals surface area (Å²) in [6, 6.07) is 36.0. The molecule has 0 fully saturated rings. The molecule has 0 unspecified atom stereocenters. The minimum Gasteiger partial charge on any atom is -0.318 e. The van der Waals surface area contributed by atoms with E-state index in [4.69, 9.17) is 0 Å². The van der Waals surface area contributed by atoms with E-state index in [1.807, 2.05) is 53.9 Å². The molecule has 0 saturated heterocycles. The lowest BCUT2D eigenvalue weighted by Gasteiger charge is -2.22. The largest absolute Gasteiger partial charge is 0.318 e. The fourth-order valence-electron chi connectivity index (χ4n) is 4.17. The van der Waals surface area contributed by atoms with Gasteiger partial charge in [0, 0.05) is 38.9 Å². The number of hydrogen-bond acceptors (Lipinski definition) is 3. The molecule has 0 amide bonds. The maximum atomic E-state index is 14.7. The standard InChI is InChI=1S/C28H25OPS2/c29-30(26-13-2-1-3-14-26)18-24-11-4-6-15-27(24)31-20-22-9-8-10-23(17-22)21-32-28-16-7-5-12-25(28)19-30/h1-17H,18-21H2. The summed E-state index contributed by atoms with van der Waals surface area (Å²) in [4.78, 5) is 2.46. The molecule has 5 rings (SSSR count). The summed E-state index contributed by atoms with van der Waals surface area (Å²) < 4.78 is 14.7. The highest BCUT2D eigenvalue weighted by atomic mass is 32.2. The molecule has 0 spiro atoms. The number of fused-ring (bicyclic) bond motifs is 4. The molecule has 0 saturated carbocycles. The molecule has 0 atom stereocenters. The van der Waals surface area contributed by atoms with Crippen LogP contribution in [0.1, 0.15) is 22.3 Å². The van der Waals surface area contributed by atoms with Crippen molar-refractivity contribution in [2.45, 2.75) is 33.6 Å². The van der Waals surface area contributed by atoms with Gasteiger partial charge < -0.3 is 4.57 Å². The van der Waals surface area contributed by atoms with E-state index in [0.29, 0.717) is 12.3 Å². The lowest BCUT2D eigenvalue weighted by Crippen LogP contribution is -2.10. The van der Waals surface area contributed by atoms with Crippen molar-refractivity contribution in [2.75, 3.05) is 0 Å². The first-order valence-electron chi connectivity index (χ1n) is 10.8. The third-order valence-corrected chi connectivity index (χ3v) is 11.1. The van der Waals surface area contributed by atoms with Gasteiger partial charge in [-0.1, -0.05) is 91.0 Å². The Kier molecular flexibility index (Phi) is 6.59. The van der Waals surface area contributed by atoms with Crippen LogP contribution in [0.4, 0.5) is 0 Å². The number of hydrogen-bond donors (Lipinski definition) is 0.